The zero-order chi connectivity index (χ0) is 17.8. The van der Waals surface area contributed by atoms with Crippen LogP contribution >= 0.6 is 0 Å². The van der Waals surface area contributed by atoms with Crippen molar-refractivity contribution in [2.24, 2.45) is 5.92 Å². The molecule has 0 radical (unpaired) electrons. The maximum absolute atomic E-state index is 12.7. The quantitative estimate of drug-likeness (QED) is 0.930. The second kappa shape index (κ2) is 7.98. The zero-order valence-corrected chi connectivity index (χ0v) is 15.5. The highest BCUT2D eigenvalue weighted by Crippen LogP contribution is 2.20. The van der Waals surface area contributed by atoms with Gasteiger partial charge in [-0.05, 0) is 50.3 Å². The predicted molar refractivity (Wildman–Crippen MR) is 103 cm³/mol. The molecule has 1 aliphatic heterocycles. The Balaban J connectivity index is 1.64. The average molecular weight is 339 g/mol. The van der Waals surface area contributed by atoms with Crippen LogP contribution in [0.25, 0.3) is 10.8 Å². The second-order valence-corrected chi connectivity index (χ2v) is 7.47. The molecule has 2 aromatic carbocycles. The molecule has 2 aromatic rings. The number of hydrogen-bond donors (Lipinski definition) is 1. The van der Waals surface area contributed by atoms with Gasteiger partial charge in [-0.2, -0.15) is 0 Å². The molecule has 1 amide bonds. The maximum Gasteiger partial charge on any atom is 0.224 e. The second-order valence-electron chi connectivity index (χ2n) is 7.47. The van der Waals surface area contributed by atoms with Crippen LogP contribution in [0.3, 0.4) is 0 Å². The Labute approximate surface area is 150 Å². The van der Waals surface area contributed by atoms with Crippen molar-refractivity contribution in [3.8, 4) is 0 Å². The van der Waals surface area contributed by atoms with Crippen molar-refractivity contribution >= 4 is 16.7 Å². The van der Waals surface area contributed by atoms with Crippen molar-refractivity contribution in [2.75, 3.05) is 34.2 Å². The number of fused-ring (bicyclic) bond motifs is 1. The van der Waals surface area contributed by atoms with Crippen LogP contribution in [0.4, 0.5) is 0 Å². The molecule has 0 spiro atoms. The van der Waals surface area contributed by atoms with Gasteiger partial charge in [-0.15, -0.1) is 0 Å². The number of likely N-dealkylation sites (tertiary alicyclic amines) is 1. The number of hydrogen-bond acceptors (Lipinski definition) is 3. The van der Waals surface area contributed by atoms with E-state index < -0.39 is 0 Å². The Morgan fingerprint density at radius 1 is 1.12 bits per heavy atom. The van der Waals surface area contributed by atoms with E-state index in [0.29, 0.717) is 12.6 Å². The Bertz CT molecular complexity index is 723. The van der Waals surface area contributed by atoms with Gasteiger partial charge < -0.3 is 15.1 Å². The first kappa shape index (κ1) is 17.9. The summed E-state index contributed by atoms with van der Waals surface area (Å²) in [5.74, 6) is 0.254. The smallest absolute Gasteiger partial charge is 0.224 e. The van der Waals surface area contributed by atoms with Gasteiger partial charge in [0, 0.05) is 25.7 Å². The molecule has 2 atom stereocenters. The van der Waals surface area contributed by atoms with Crippen molar-refractivity contribution < 1.29 is 4.79 Å². The summed E-state index contributed by atoms with van der Waals surface area (Å²) in [6, 6.07) is 15.1. The van der Waals surface area contributed by atoms with Crippen LogP contribution in [-0.2, 0) is 11.3 Å². The Morgan fingerprint density at radius 2 is 1.88 bits per heavy atom. The molecule has 1 aliphatic rings. The maximum atomic E-state index is 12.7. The van der Waals surface area contributed by atoms with Gasteiger partial charge >= 0.3 is 0 Å². The third-order valence-corrected chi connectivity index (χ3v) is 5.34. The number of carbonyl (C=O) groups excluding carboxylic acids is 1. The molecule has 25 heavy (non-hydrogen) atoms. The predicted octanol–water partition coefficient (Wildman–Crippen LogP) is 2.73. The number of carbonyl (C=O) groups is 1. The summed E-state index contributed by atoms with van der Waals surface area (Å²) in [6.45, 7) is 2.46. The van der Waals surface area contributed by atoms with Gasteiger partial charge in [0.2, 0.25) is 5.91 Å². The van der Waals surface area contributed by atoms with E-state index in [1.54, 1.807) is 0 Å². The van der Waals surface area contributed by atoms with Crippen molar-refractivity contribution in [3.63, 3.8) is 0 Å². The number of rotatable bonds is 4. The molecule has 1 heterocycles. The van der Waals surface area contributed by atoms with E-state index in [4.69, 9.17) is 0 Å². The fourth-order valence-corrected chi connectivity index (χ4v) is 3.80. The molecular weight excluding hydrogens is 310 g/mol. The fraction of sp³-hybridized carbons (Fsp3) is 0.476. The first-order valence-corrected chi connectivity index (χ1v) is 9.14. The van der Waals surface area contributed by atoms with E-state index in [0.717, 1.165) is 25.9 Å². The van der Waals surface area contributed by atoms with Crippen LogP contribution in [0.15, 0.2) is 42.5 Å². The van der Waals surface area contributed by atoms with E-state index in [2.05, 4.69) is 72.7 Å². The van der Waals surface area contributed by atoms with Crippen LogP contribution in [0.5, 0.6) is 0 Å². The Kier molecular flexibility index (Phi) is 5.71. The van der Waals surface area contributed by atoms with Crippen LogP contribution in [0, 0.1) is 5.92 Å². The lowest BCUT2D eigenvalue weighted by atomic mass is 10.00. The van der Waals surface area contributed by atoms with Crippen LogP contribution < -0.4 is 5.32 Å². The number of amides is 1. The topological polar surface area (TPSA) is 35.6 Å². The summed E-state index contributed by atoms with van der Waals surface area (Å²) < 4.78 is 0. The van der Waals surface area contributed by atoms with E-state index in [9.17, 15) is 4.79 Å². The summed E-state index contributed by atoms with van der Waals surface area (Å²) in [6.07, 6.45) is 2.03. The third-order valence-electron chi connectivity index (χ3n) is 5.34. The fourth-order valence-electron chi connectivity index (χ4n) is 3.80. The van der Waals surface area contributed by atoms with Gasteiger partial charge in [0.15, 0.2) is 0 Å². The molecule has 4 nitrogen and oxygen atoms in total. The first-order chi connectivity index (χ1) is 12.0. The first-order valence-electron chi connectivity index (χ1n) is 9.14. The summed E-state index contributed by atoms with van der Waals surface area (Å²) in [5.41, 5.74) is 1.18. The summed E-state index contributed by atoms with van der Waals surface area (Å²) in [5, 5.41) is 5.61. The minimum Gasteiger partial charge on any atom is -0.352 e. The molecule has 1 fully saturated rings. The standard InChI is InChI=1S/C21H29N3O/c1-23(2)19-12-11-18(14-24(3)15-19)21(25)22-13-17-9-6-8-16-7-4-5-10-20(16)17/h4-10,18-19H,11-15H2,1-3H3,(H,22,25)/t18-,19+/m1/s1. The number of nitrogens with zero attached hydrogens (tertiary/aromatic N) is 2. The highest BCUT2D eigenvalue weighted by molar-refractivity contribution is 5.86. The molecule has 0 aromatic heterocycles. The number of nitrogens with one attached hydrogen (secondary N) is 1. The zero-order valence-electron chi connectivity index (χ0n) is 15.5. The van der Waals surface area contributed by atoms with E-state index >= 15 is 0 Å². The monoisotopic (exact) mass is 339 g/mol. The molecule has 0 bridgehead atoms. The lowest BCUT2D eigenvalue weighted by Crippen LogP contribution is -2.39. The van der Waals surface area contributed by atoms with Gasteiger partial charge in [0.05, 0.1) is 5.92 Å². The van der Waals surface area contributed by atoms with Crippen LogP contribution in [0.2, 0.25) is 0 Å². The van der Waals surface area contributed by atoms with Gasteiger partial charge in [-0.25, -0.2) is 0 Å². The molecule has 0 aliphatic carbocycles. The van der Waals surface area contributed by atoms with Gasteiger partial charge in [0.25, 0.3) is 0 Å². The third kappa shape index (κ3) is 4.39. The van der Waals surface area contributed by atoms with Gasteiger partial charge in [-0.1, -0.05) is 42.5 Å². The summed E-state index contributed by atoms with van der Waals surface area (Å²) >= 11 is 0. The molecular formula is C21H29N3O. The van der Waals surface area contributed by atoms with Crippen LogP contribution in [-0.4, -0.2) is 56.0 Å². The SMILES string of the molecule is CN1C[C@H](C(=O)NCc2cccc3ccccc23)CC[C@H](N(C)C)C1. The van der Waals surface area contributed by atoms with Gasteiger partial charge in [-0.3, -0.25) is 4.79 Å². The number of benzene rings is 2. The van der Waals surface area contributed by atoms with Crippen molar-refractivity contribution in [1.29, 1.82) is 0 Å². The van der Waals surface area contributed by atoms with Crippen molar-refractivity contribution in [3.05, 3.63) is 48.0 Å². The van der Waals surface area contributed by atoms with E-state index in [-0.39, 0.29) is 11.8 Å². The van der Waals surface area contributed by atoms with Crippen molar-refractivity contribution in [2.45, 2.75) is 25.4 Å². The minimum atomic E-state index is 0.0740. The Morgan fingerprint density at radius 3 is 2.68 bits per heavy atom. The highest BCUT2D eigenvalue weighted by Gasteiger charge is 2.27. The molecule has 0 saturated carbocycles. The summed E-state index contributed by atoms with van der Waals surface area (Å²) in [7, 11) is 6.37. The van der Waals surface area contributed by atoms with Crippen LogP contribution in [0.1, 0.15) is 18.4 Å². The molecule has 3 rings (SSSR count). The molecule has 4 heteroatoms. The molecule has 1 saturated heterocycles. The Hall–Kier alpha value is -1.91. The minimum absolute atomic E-state index is 0.0740. The average Bonchev–Trinajstić information content (AvgIpc) is 2.81. The molecule has 134 valence electrons. The normalized spacial score (nSPS) is 22.1. The lowest BCUT2D eigenvalue weighted by Gasteiger charge is -2.25. The number of likely N-dealkylation sites (N-methyl/N-ethyl adjacent to an activating group) is 2. The molecule has 0 unspecified atom stereocenters. The summed E-state index contributed by atoms with van der Waals surface area (Å²) in [4.78, 5) is 17.3. The largest absolute Gasteiger partial charge is 0.352 e. The van der Waals surface area contributed by atoms with Crippen molar-refractivity contribution in [1.82, 2.24) is 15.1 Å². The van der Waals surface area contributed by atoms with E-state index in [1.807, 2.05) is 6.07 Å². The molecule has 1 N–H and O–H groups in total. The van der Waals surface area contributed by atoms with E-state index in [1.165, 1.54) is 16.3 Å². The lowest BCUT2D eigenvalue weighted by molar-refractivity contribution is -0.125. The van der Waals surface area contributed by atoms with Gasteiger partial charge in [0.1, 0.15) is 0 Å². The highest BCUT2D eigenvalue weighted by atomic mass is 16.1.